The average molecular weight is 391 g/mol. The lowest BCUT2D eigenvalue weighted by molar-refractivity contribution is 0.0715. The molecule has 21 heavy (non-hydrogen) atoms. The van der Waals surface area contributed by atoms with Gasteiger partial charge in [-0.25, -0.2) is 0 Å². The zero-order chi connectivity index (χ0) is 14.8. The van der Waals surface area contributed by atoms with Gasteiger partial charge in [0.15, 0.2) is 0 Å². The van der Waals surface area contributed by atoms with Crippen molar-refractivity contribution in [3.05, 3.63) is 68.8 Å². The third-order valence-corrected chi connectivity index (χ3v) is 4.87. The summed E-state index contributed by atoms with van der Waals surface area (Å²) in [5.74, 6) is 0.107. The van der Waals surface area contributed by atoms with Crippen molar-refractivity contribution in [2.45, 2.75) is 25.3 Å². The molecule has 0 radical (unpaired) electrons. The molecule has 0 bridgehead atoms. The first kappa shape index (κ1) is 14.6. The number of fused-ring (bicyclic) bond motifs is 1. The van der Waals surface area contributed by atoms with Gasteiger partial charge in [-0.1, -0.05) is 30.3 Å². The number of halogens is 1. The molecule has 108 valence electrons. The summed E-state index contributed by atoms with van der Waals surface area (Å²) in [6.45, 7) is 0. The summed E-state index contributed by atoms with van der Waals surface area (Å²) in [5, 5.41) is 0. The van der Waals surface area contributed by atoms with Crippen LogP contribution < -0.4 is 0 Å². The smallest absolute Gasteiger partial charge is 0.254 e. The van der Waals surface area contributed by atoms with Gasteiger partial charge in [-0.3, -0.25) is 4.79 Å². The van der Waals surface area contributed by atoms with Crippen LogP contribution in [-0.4, -0.2) is 17.9 Å². The Morgan fingerprint density at radius 2 is 2.00 bits per heavy atom. The molecule has 0 N–H and O–H groups in total. The van der Waals surface area contributed by atoms with Gasteiger partial charge in [0, 0.05) is 16.2 Å². The molecule has 0 aromatic heterocycles. The lowest BCUT2D eigenvalue weighted by Crippen LogP contribution is -2.33. The molecule has 3 rings (SSSR count). The summed E-state index contributed by atoms with van der Waals surface area (Å²) in [4.78, 5) is 14.6. The molecule has 0 aliphatic heterocycles. The van der Waals surface area contributed by atoms with Crippen molar-refractivity contribution >= 4 is 28.5 Å². The van der Waals surface area contributed by atoms with Crippen LogP contribution in [0.5, 0.6) is 0 Å². The van der Waals surface area contributed by atoms with Crippen LogP contribution in [0.4, 0.5) is 0 Å². The number of rotatable bonds is 2. The summed E-state index contributed by atoms with van der Waals surface area (Å²) in [6.07, 6.45) is 3.31. The summed E-state index contributed by atoms with van der Waals surface area (Å²) >= 11 is 2.25. The molecule has 3 heteroatoms. The van der Waals surface area contributed by atoms with E-state index in [0.717, 1.165) is 28.4 Å². The van der Waals surface area contributed by atoms with Gasteiger partial charge in [0.1, 0.15) is 0 Å². The molecule has 0 saturated heterocycles. The molecular weight excluding hydrogens is 373 g/mol. The van der Waals surface area contributed by atoms with Crippen molar-refractivity contribution < 1.29 is 4.79 Å². The molecule has 0 saturated carbocycles. The van der Waals surface area contributed by atoms with E-state index < -0.39 is 0 Å². The fourth-order valence-electron chi connectivity index (χ4n) is 3.10. The third-order valence-electron chi connectivity index (χ3n) is 4.20. The first-order valence-corrected chi connectivity index (χ1v) is 8.35. The van der Waals surface area contributed by atoms with Crippen LogP contribution in [0.1, 0.15) is 40.4 Å². The van der Waals surface area contributed by atoms with Crippen LogP contribution >= 0.6 is 22.6 Å². The Balaban J connectivity index is 1.89. The van der Waals surface area contributed by atoms with Crippen molar-refractivity contribution in [1.82, 2.24) is 4.90 Å². The van der Waals surface area contributed by atoms with Gasteiger partial charge in [-0.2, -0.15) is 0 Å². The zero-order valence-electron chi connectivity index (χ0n) is 12.1. The highest BCUT2D eigenvalue weighted by atomic mass is 127. The number of carbonyl (C=O) groups excluding carboxylic acids is 1. The van der Waals surface area contributed by atoms with Gasteiger partial charge >= 0.3 is 0 Å². The molecule has 2 aromatic rings. The first-order chi connectivity index (χ1) is 10.2. The number of hydrogen-bond acceptors (Lipinski definition) is 1. The number of carbonyl (C=O) groups is 1. The van der Waals surface area contributed by atoms with E-state index in [1.807, 2.05) is 36.2 Å². The van der Waals surface area contributed by atoms with E-state index in [9.17, 15) is 4.79 Å². The number of nitrogens with zero attached hydrogens (tertiary/aromatic N) is 1. The minimum Gasteiger partial charge on any atom is -0.335 e. The van der Waals surface area contributed by atoms with E-state index >= 15 is 0 Å². The Kier molecular flexibility index (Phi) is 4.29. The average Bonchev–Trinajstić information content (AvgIpc) is 2.53. The maximum Gasteiger partial charge on any atom is 0.254 e. The van der Waals surface area contributed by atoms with Crippen LogP contribution in [0.3, 0.4) is 0 Å². The van der Waals surface area contributed by atoms with Gasteiger partial charge in [-0.05, 0) is 71.2 Å². The Bertz CT molecular complexity index is 668. The molecule has 1 aliphatic rings. The molecule has 2 aromatic carbocycles. The second-order valence-corrected chi connectivity index (χ2v) is 6.78. The first-order valence-electron chi connectivity index (χ1n) is 7.27. The summed E-state index contributed by atoms with van der Waals surface area (Å²) in [5.41, 5.74) is 3.47. The molecular formula is C18H18INO. The standard InChI is InChI=1S/C18H18INO/c1-20(18(21)14-8-4-9-15(19)12-14)17-11-5-7-13-6-2-3-10-16(13)17/h2-4,6,8-10,12,17H,5,7,11H2,1H3. The van der Waals surface area contributed by atoms with E-state index in [0.29, 0.717) is 0 Å². The van der Waals surface area contributed by atoms with E-state index in [2.05, 4.69) is 46.9 Å². The predicted octanol–water partition coefficient (Wildman–Crippen LogP) is 4.44. The monoisotopic (exact) mass is 391 g/mol. The highest BCUT2D eigenvalue weighted by molar-refractivity contribution is 14.1. The van der Waals surface area contributed by atoms with Crippen LogP contribution in [0, 0.1) is 3.57 Å². The fraction of sp³-hybridized carbons (Fsp3) is 0.278. The topological polar surface area (TPSA) is 20.3 Å². The van der Waals surface area contributed by atoms with E-state index in [-0.39, 0.29) is 11.9 Å². The van der Waals surface area contributed by atoms with Crippen molar-refractivity contribution in [1.29, 1.82) is 0 Å². The van der Waals surface area contributed by atoms with Crippen molar-refractivity contribution in [2.75, 3.05) is 7.05 Å². The van der Waals surface area contributed by atoms with E-state index in [4.69, 9.17) is 0 Å². The molecule has 1 amide bonds. The van der Waals surface area contributed by atoms with Gasteiger partial charge in [0.2, 0.25) is 0 Å². The molecule has 0 spiro atoms. The predicted molar refractivity (Wildman–Crippen MR) is 93.4 cm³/mol. The van der Waals surface area contributed by atoms with Crippen molar-refractivity contribution in [2.24, 2.45) is 0 Å². The van der Waals surface area contributed by atoms with E-state index in [1.165, 1.54) is 11.1 Å². The maximum absolute atomic E-state index is 12.7. The molecule has 1 unspecified atom stereocenters. The second kappa shape index (κ2) is 6.18. The second-order valence-electron chi connectivity index (χ2n) is 5.53. The Morgan fingerprint density at radius 1 is 1.19 bits per heavy atom. The van der Waals surface area contributed by atoms with Crippen LogP contribution in [0.15, 0.2) is 48.5 Å². The van der Waals surface area contributed by atoms with Crippen LogP contribution in [-0.2, 0) is 6.42 Å². The minimum absolute atomic E-state index is 0.107. The molecule has 1 aliphatic carbocycles. The normalized spacial score (nSPS) is 17.1. The largest absolute Gasteiger partial charge is 0.335 e. The summed E-state index contributed by atoms with van der Waals surface area (Å²) in [6, 6.07) is 16.5. The molecule has 0 fully saturated rings. The molecule has 1 atom stereocenters. The lowest BCUT2D eigenvalue weighted by Gasteiger charge is -2.33. The lowest BCUT2D eigenvalue weighted by atomic mass is 9.87. The zero-order valence-corrected chi connectivity index (χ0v) is 14.2. The Hall–Kier alpha value is -1.36. The van der Waals surface area contributed by atoms with Gasteiger partial charge in [0.05, 0.1) is 6.04 Å². The van der Waals surface area contributed by atoms with Crippen molar-refractivity contribution in [3.63, 3.8) is 0 Å². The third kappa shape index (κ3) is 2.98. The fourth-order valence-corrected chi connectivity index (χ4v) is 3.64. The van der Waals surface area contributed by atoms with Gasteiger partial charge < -0.3 is 4.90 Å². The minimum atomic E-state index is 0.107. The number of aryl methyl sites for hydroxylation is 1. The summed E-state index contributed by atoms with van der Waals surface area (Å²) < 4.78 is 1.09. The Morgan fingerprint density at radius 3 is 2.81 bits per heavy atom. The highest BCUT2D eigenvalue weighted by Crippen LogP contribution is 2.34. The molecule has 0 heterocycles. The van der Waals surface area contributed by atoms with Crippen molar-refractivity contribution in [3.8, 4) is 0 Å². The number of benzene rings is 2. The van der Waals surface area contributed by atoms with Crippen LogP contribution in [0.2, 0.25) is 0 Å². The summed E-state index contributed by atoms with van der Waals surface area (Å²) in [7, 11) is 1.93. The SMILES string of the molecule is CN(C(=O)c1cccc(I)c1)C1CCCc2ccccc21. The molecule has 2 nitrogen and oxygen atoms in total. The van der Waals surface area contributed by atoms with Crippen LogP contribution in [0.25, 0.3) is 0 Å². The van der Waals surface area contributed by atoms with Gasteiger partial charge in [-0.15, -0.1) is 0 Å². The van der Waals surface area contributed by atoms with Gasteiger partial charge in [0.25, 0.3) is 5.91 Å². The quantitative estimate of drug-likeness (QED) is 0.694. The number of hydrogen-bond donors (Lipinski definition) is 0. The Labute approximate surface area is 139 Å². The highest BCUT2D eigenvalue weighted by Gasteiger charge is 2.26. The maximum atomic E-state index is 12.7. The number of amides is 1. The van der Waals surface area contributed by atoms with E-state index in [1.54, 1.807) is 0 Å².